The number of hydrogen-bond donors (Lipinski definition) is 1. The number of rotatable bonds is 11. The zero-order valence-corrected chi connectivity index (χ0v) is 17.8. The van der Waals surface area contributed by atoms with Crippen LogP contribution in [0.1, 0.15) is 61.6 Å². The number of anilines is 1. The molecule has 0 saturated carbocycles. The number of ketones is 1. The van der Waals surface area contributed by atoms with Gasteiger partial charge in [0, 0.05) is 17.5 Å². The number of nitrogens with one attached hydrogen (secondary N) is 1. The van der Waals surface area contributed by atoms with E-state index in [1.165, 1.54) is 32.1 Å². The van der Waals surface area contributed by atoms with Crippen molar-refractivity contribution in [1.29, 1.82) is 0 Å². The molecule has 0 fully saturated rings. The fourth-order valence-electron chi connectivity index (χ4n) is 3.44. The summed E-state index contributed by atoms with van der Waals surface area (Å²) in [4.78, 5) is 13.2. The van der Waals surface area contributed by atoms with Gasteiger partial charge in [0.15, 0.2) is 5.76 Å². The first-order valence-corrected chi connectivity index (χ1v) is 10.7. The molecule has 0 atom stereocenters. The Labute approximate surface area is 177 Å². The van der Waals surface area contributed by atoms with Gasteiger partial charge in [-0.15, -0.1) is 0 Å². The van der Waals surface area contributed by atoms with E-state index in [0.717, 1.165) is 24.0 Å². The van der Waals surface area contributed by atoms with Crippen LogP contribution in [0.3, 0.4) is 0 Å². The van der Waals surface area contributed by atoms with E-state index in [2.05, 4.69) is 12.2 Å². The minimum absolute atomic E-state index is 0.198. The number of para-hydroxylation sites is 1. The second-order valence-electron chi connectivity index (χ2n) is 7.18. The monoisotopic (exact) mass is 413 g/mol. The predicted molar refractivity (Wildman–Crippen MR) is 120 cm³/mol. The van der Waals surface area contributed by atoms with Gasteiger partial charge in [-0.1, -0.05) is 62.8 Å². The van der Waals surface area contributed by atoms with Crippen LogP contribution < -0.4 is 10.1 Å². The van der Waals surface area contributed by atoms with E-state index >= 15 is 0 Å². The van der Waals surface area contributed by atoms with Crippen molar-refractivity contribution < 1.29 is 13.9 Å². The van der Waals surface area contributed by atoms with Gasteiger partial charge in [-0.05, 0) is 36.8 Å². The lowest BCUT2D eigenvalue weighted by atomic mass is 10.1. The number of unbranched alkanes of at least 4 members (excludes halogenated alkanes) is 5. The fourth-order valence-corrected chi connectivity index (χ4v) is 3.70. The van der Waals surface area contributed by atoms with Crippen LogP contribution in [0.25, 0.3) is 11.0 Å². The number of fused-ring (bicyclic) bond motifs is 1. The van der Waals surface area contributed by atoms with Crippen LogP contribution in [0, 0.1) is 0 Å². The lowest BCUT2D eigenvalue weighted by molar-refractivity contribution is 0.101. The van der Waals surface area contributed by atoms with Gasteiger partial charge in [-0.25, -0.2) is 0 Å². The zero-order chi connectivity index (χ0) is 20.6. The molecule has 3 aromatic rings. The minimum Gasteiger partial charge on any atom is -0.495 e. The third kappa shape index (κ3) is 5.13. The summed E-state index contributed by atoms with van der Waals surface area (Å²) in [5.74, 6) is 0.656. The maximum Gasteiger partial charge on any atom is 0.230 e. The first kappa shape index (κ1) is 21.3. The highest BCUT2D eigenvalue weighted by atomic mass is 35.5. The summed E-state index contributed by atoms with van der Waals surface area (Å²) in [7, 11) is 1.55. The van der Waals surface area contributed by atoms with Crippen molar-refractivity contribution in [1.82, 2.24) is 0 Å². The molecule has 1 aromatic heterocycles. The van der Waals surface area contributed by atoms with Crippen molar-refractivity contribution in [3.63, 3.8) is 0 Å². The number of halogens is 1. The van der Waals surface area contributed by atoms with Crippen molar-refractivity contribution >= 4 is 34.0 Å². The molecule has 0 amide bonds. The largest absolute Gasteiger partial charge is 0.495 e. The number of hydrogen-bond acceptors (Lipinski definition) is 4. The molecule has 1 heterocycles. The molecule has 154 valence electrons. The third-order valence-electron chi connectivity index (χ3n) is 5.05. The molecular formula is C24H28ClNO3. The minimum atomic E-state index is -0.198. The normalized spacial score (nSPS) is 11.0. The maximum absolute atomic E-state index is 13.2. The molecule has 3 rings (SSSR count). The number of methoxy groups -OCH3 is 1. The van der Waals surface area contributed by atoms with E-state index in [9.17, 15) is 4.79 Å². The van der Waals surface area contributed by atoms with Gasteiger partial charge in [0.2, 0.25) is 5.78 Å². The molecule has 29 heavy (non-hydrogen) atoms. The molecule has 0 aliphatic heterocycles. The highest BCUT2D eigenvalue weighted by Crippen LogP contribution is 2.34. The molecule has 0 saturated heterocycles. The first-order valence-electron chi connectivity index (χ1n) is 10.3. The number of benzene rings is 2. The average Bonchev–Trinajstić information content (AvgIpc) is 3.11. The van der Waals surface area contributed by atoms with E-state index in [1.54, 1.807) is 25.3 Å². The summed E-state index contributed by atoms with van der Waals surface area (Å²) in [6, 6.07) is 12.7. The van der Waals surface area contributed by atoms with E-state index < -0.39 is 0 Å². The summed E-state index contributed by atoms with van der Waals surface area (Å²) in [6.45, 7) is 3.03. The molecule has 0 aliphatic rings. The average molecular weight is 414 g/mol. The van der Waals surface area contributed by atoms with Crippen LogP contribution in [-0.4, -0.2) is 19.4 Å². The van der Waals surface area contributed by atoms with Crippen molar-refractivity contribution in [2.45, 2.75) is 45.4 Å². The van der Waals surface area contributed by atoms with Gasteiger partial charge >= 0.3 is 0 Å². The predicted octanol–water partition coefficient (Wildman–Crippen LogP) is 7.10. The van der Waals surface area contributed by atoms with Crippen LogP contribution in [0.5, 0.6) is 5.75 Å². The molecule has 2 aromatic carbocycles. The molecular weight excluding hydrogens is 386 g/mol. The van der Waals surface area contributed by atoms with Crippen molar-refractivity contribution in [3.8, 4) is 5.75 Å². The summed E-state index contributed by atoms with van der Waals surface area (Å²) in [6.07, 6.45) is 7.32. The number of ether oxygens (including phenoxy) is 1. The van der Waals surface area contributed by atoms with Crippen LogP contribution in [0.2, 0.25) is 5.02 Å². The Morgan fingerprint density at radius 1 is 1.07 bits per heavy atom. The van der Waals surface area contributed by atoms with Crippen LogP contribution >= 0.6 is 11.6 Å². The Hall–Kier alpha value is -2.46. The lowest BCUT2D eigenvalue weighted by Crippen LogP contribution is -2.07. The standard InChI is InChI=1S/C24H28ClNO3/c1-3-4-5-6-7-10-15-26-22-18-11-8-9-12-20(18)29-24(22)23(27)17-13-14-21(28-2)19(25)16-17/h8-9,11-14,16,26H,3-7,10,15H2,1-2H3. The molecule has 0 radical (unpaired) electrons. The Bertz CT molecular complexity index is 964. The first-order chi connectivity index (χ1) is 14.2. The van der Waals surface area contributed by atoms with Crippen molar-refractivity contribution in [2.75, 3.05) is 19.0 Å². The SMILES string of the molecule is CCCCCCCCNc1c(C(=O)c2ccc(OC)c(Cl)c2)oc2ccccc12. The molecule has 1 N–H and O–H groups in total. The maximum atomic E-state index is 13.2. The second kappa shape index (κ2) is 10.4. The van der Waals surface area contributed by atoms with Crippen LogP contribution in [-0.2, 0) is 0 Å². The summed E-state index contributed by atoms with van der Waals surface area (Å²) < 4.78 is 11.1. The van der Waals surface area contributed by atoms with Crippen LogP contribution in [0.4, 0.5) is 5.69 Å². The van der Waals surface area contributed by atoms with Gasteiger partial charge < -0.3 is 14.5 Å². The summed E-state index contributed by atoms with van der Waals surface area (Å²) in [5.41, 5.74) is 1.92. The lowest BCUT2D eigenvalue weighted by Gasteiger charge is -2.08. The van der Waals surface area contributed by atoms with E-state index in [0.29, 0.717) is 27.7 Å². The van der Waals surface area contributed by atoms with Crippen molar-refractivity contribution in [3.05, 3.63) is 58.8 Å². The highest BCUT2D eigenvalue weighted by Gasteiger charge is 2.22. The zero-order valence-electron chi connectivity index (χ0n) is 17.1. The van der Waals surface area contributed by atoms with Gasteiger partial charge in [0.1, 0.15) is 11.3 Å². The molecule has 5 heteroatoms. The molecule has 0 spiro atoms. The second-order valence-corrected chi connectivity index (χ2v) is 7.58. The Morgan fingerprint density at radius 2 is 1.83 bits per heavy atom. The number of carbonyl (C=O) groups excluding carboxylic acids is 1. The third-order valence-corrected chi connectivity index (χ3v) is 5.34. The summed E-state index contributed by atoms with van der Waals surface area (Å²) >= 11 is 6.21. The van der Waals surface area contributed by atoms with Gasteiger partial charge in [-0.2, -0.15) is 0 Å². The van der Waals surface area contributed by atoms with Crippen molar-refractivity contribution in [2.24, 2.45) is 0 Å². The molecule has 0 aliphatic carbocycles. The molecule has 0 unspecified atom stereocenters. The smallest absolute Gasteiger partial charge is 0.230 e. The van der Waals surface area contributed by atoms with Crippen LogP contribution in [0.15, 0.2) is 46.9 Å². The Morgan fingerprint density at radius 3 is 2.59 bits per heavy atom. The van der Waals surface area contributed by atoms with Gasteiger partial charge in [-0.3, -0.25) is 4.79 Å². The van der Waals surface area contributed by atoms with E-state index in [-0.39, 0.29) is 5.78 Å². The van der Waals surface area contributed by atoms with E-state index in [1.807, 2.05) is 24.3 Å². The van der Waals surface area contributed by atoms with Gasteiger partial charge in [0.05, 0.1) is 17.8 Å². The fraction of sp³-hybridized carbons (Fsp3) is 0.375. The number of furan rings is 1. The Balaban J connectivity index is 1.79. The van der Waals surface area contributed by atoms with E-state index in [4.69, 9.17) is 20.8 Å². The highest BCUT2D eigenvalue weighted by molar-refractivity contribution is 6.32. The Kier molecular flexibility index (Phi) is 7.59. The molecule has 0 bridgehead atoms. The number of carbonyl (C=O) groups is 1. The quantitative estimate of drug-likeness (QED) is 0.269. The molecule has 4 nitrogen and oxygen atoms in total. The topological polar surface area (TPSA) is 51.5 Å². The summed E-state index contributed by atoms with van der Waals surface area (Å²) in [5, 5.41) is 4.76. The van der Waals surface area contributed by atoms with Gasteiger partial charge in [0.25, 0.3) is 0 Å².